The first-order valence-electron chi connectivity index (χ1n) is 8.25. The fraction of sp³-hybridized carbons (Fsp3) is 0.368. The Hall–Kier alpha value is -2.34. The molecule has 0 radical (unpaired) electrons. The van der Waals surface area contributed by atoms with Crippen LogP contribution in [0.25, 0.3) is 0 Å². The van der Waals surface area contributed by atoms with Crippen LogP contribution in [0.2, 0.25) is 0 Å². The summed E-state index contributed by atoms with van der Waals surface area (Å²) in [4.78, 5) is 27.9. The highest BCUT2D eigenvalue weighted by atomic mass is 32.1. The van der Waals surface area contributed by atoms with Crippen molar-refractivity contribution in [3.8, 4) is 0 Å². The Morgan fingerprint density at radius 2 is 1.88 bits per heavy atom. The Morgan fingerprint density at radius 3 is 2.48 bits per heavy atom. The number of nitrogens with one attached hydrogen (secondary N) is 2. The van der Waals surface area contributed by atoms with Crippen LogP contribution in [0.3, 0.4) is 0 Å². The fourth-order valence-corrected chi connectivity index (χ4v) is 3.48. The third-order valence-corrected chi connectivity index (χ3v) is 5.29. The largest absolute Gasteiger partial charge is 0.331 e. The van der Waals surface area contributed by atoms with Crippen LogP contribution in [0.4, 0.5) is 10.5 Å². The second-order valence-corrected chi connectivity index (χ2v) is 7.53. The lowest BCUT2D eigenvalue weighted by Crippen LogP contribution is -2.39. The standard InChI is InChI=1S/C19H25N3O2S/c1-12-9-10-18(25-12)14(3)22(5)19(24)20-13(2)16-7-6-8-17(11-16)21-15(4)23/h6-11,13-14H,1-5H3,(H,20,24)(H,21,23)/t13-,14-/m1/s1. The maximum absolute atomic E-state index is 12.6. The Labute approximate surface area is 153 Å². The fourth-order valence-electron chi connectivity index (χ4n) is 2.50. The summed E-state index contributed by atoms with van der Waals surface area (Å²) in [6, 6.07) is 11.3. The third-order valence-electron chi connectivity index (χ3n) is 4.12. The molecule has 1 heterocycles. The van der Waals surface area contributed by atoms with Crippen molar-refractivity contribution in [1.29, 1.82) is 0 Å². The number of hydrogen-bond acceptors (Lipinski definition) is 3. The Kier molecular flexibility index (Phi) is 6.20. The van der Waals surface area contributed by atoms with E-state index in [0.29, 0.717) is 0 Å². The van der Waals surface area contributed by atoms with Gasteiger partial charge in [0.1, 0.15) is 0 Å². The summed E-state index contributed by atoms with van der Waals surface area (Å²) in [6.45, 7) is 7.48. The van der Waals surface area contributed by atoms with Crippen molar-refractivity contribution in [2.75, 3.05) is 12.4 Å². The first-order chi connectivity index (χ1) is 11.8. The first kappa shape index (κ1) is 19.0. The van der Waals surface area contributed by atoms with Gasteiger partial charge in [-0.25, -0.2) is 4.79 Å². The Morgan fingerprint density at radius 1 is 1.16 bits per heavy atom. The maximum atomic E-state index is 12.6. The smallest absolute Gasteiger partial charge is 0.318 e. The zero-order valence-corrected chi connectivity index (χ0v) is 16.1. The van der Waals surface area contributed by atoms with Crippen LogP contribution in [0.5, 0.6) is 0 Å². The van der Waals surface area contributed by atoms with Crippen LogP contribution in [0.1, 0.15) is 48.2 Å². The zero-order valence-electron chi connectivity index (χ0n) is 15.3. The molecule has 2 atom stereocenters. The quantitative estimate of drug-likeness (QED) is 0.827. The lowest BCUT2D eigenvalue weighted by Gasteiger charge is -2.26. The Balaban J connectivity index is 2.02. The summed E-state index contributed by atoms with van der Waals surface area (Å²) < 4.78 is 0. The topological polar surface area (TPSA) is 61.4 Å². The van der Waals surface area contributed by atoms with Crippen molar-refractivity contribution in [1.82, 2.24) is 10.2 Å². The van der Waals surface area contributed by atoms with E-state index in [1.54, 1.807) is 23.3 Å². The van der Waals surface area contributed by atoms with Gasteiger partial charge in [-0.1, -0.05) is 12.1 Å². The molecular weight excluding hydrogens is 334 g/mol. The van der Waals surface area contributed by atoms with Crippen molar-refractivity contribution in [2.24, 2.45) is 0 Å². The van der Waals surface area contributed by atoms with Crippen molar-refractivity contribution < 1.29 is 9.59 Å². The van der Waals surface area contributed by atoms with E-state index >= 15 is 0 Å². The summed E-state index contributed by atoms with van der Waals surface area (Å²) in [7, 11) is 1.80. The van der Waals surface area contributed by atoms with Gasteiger partial charge in [0.15, 0.2) is 0 Å². The molecular formula is C19H25N3O2S. The van der Waals surface area contributed by atoms with Gasteiger partial charge >= 0.3 is 6.03 Å². The highest BCUT2D eigenvalue weighted by Crippen LogP contribution is 2.26. The molecule has 0 fully saturated rings. The molecule has 0 saturated heterocycles. The summed E-state index contributed by atoms with van der Waals surface area (Å²) in [5.74, 6) is -0.117. The van der Waals surface area contributed by atoms with Crippen molar-refractivity contribution in [2.45, 2.75) is 39.8 Å². The summed E-state index contributed by atoms with van der Waals surface area (Å²) in [5, 5.41) is 5.77. The summed E-state index contributed by atoms with van der Waals surface area (Å²) >= 11 is 1.70. The molecule has 0 spiro atoms. The van der Waals surface area contributed by atoms with Gasteiger partial charge in [-0.05, 0) is 50.6 Å². The molecule has 1 aromatic carbocycles. The van der Waals surface area contributed by atoms with Gasteiger partial charge in [0.05, 0.1) is 12.1 Å². The monoisotopic (exact) mass is 359 g/mol. The molecule has 0 aliphatic carbocycles. The van der Waals surface area contributed by atoms with Gasteiger partial charge in [0, 0.05) is 29.4 Å². The number of carbonyl (C=O) groups is 2. The van der Waals surface area contributed by atoms with Crippen LogP contribution in [-0.4, -0.2) is 23.9 Å². The van der Waals surface area contributed by atoms with E-state index in [0.717, 1.165) is 16.1 Å². The molecule has 134 valence electrons. The van der Waals surface area contributed by atoms with Gasteiger partial charge in [-0.15, -0.1) is 11.3 Å². The Bertz CT molecular complexity index is 757. The number of anilines is 1. The second kappa shape index (κ2) is 8.16. The van der Waals surface area contributed by atoms with Crippen molar-refractivity contribution in [3.63, 3.8) is 0 Å². The SMILES string of the molecule is CC(=O)Nc1cccc([C@@H](C)NC(=O)N(C)[C@H](C)c2ccc(C)s2)c1. The highest BCUT2D eigenvalue weighted by molar-refractivity contribution is 7.12. The number of thiophene rings is 1. The van der Waals surface area contributed by atoms with Gasteiger partial charge in [0.2, 0.25) is 5.91 Å². The van der Waals surface area contributed by atoms with Crippen LogP contribution >= 0.6 is 11.3 Å². The van der Waals surface area contributed by atoms with Crippen LogP contribution in [0, 0.1) is 6.92 Å². The van der Waals surface area contributed by atoms with E-state index < -0.39 is 0 Å². The lowest BCUT2D eigenvalue weighted by atomic mass is 10.1. The minimum atomic E-state index is -0.166. The zero-order chi connectivity index (χ0) is 18.6. The number of hydrogen-bond donors (Lipinski definition) is 2. The molecule has 0 bridgehead atoms. The summed E-state index contributed by atoms with van der Waals surface area (Å²) in [6.07, 6.45) is 0. The van der Waals surface area contributed by atoms with E-state index in [1.807, 2.05) is 38.1 Å². The molecule has 6 heteroatoms. The molecule has 0 saturated carbocycles. The molecule has 1 aromatic heterocycles. The number of rotatable bonds is 5. The first-order valence-corrected chi connectivity index (χ1v) is 9.06. The number of carbonyl (C=O) groups excluding carboxylic acids is 2. The van der Waals surface area contributed by atoms with E-state index in [-0.39, 0.29) is 24.0 Å². The van der Waals surface area contributed by atoms with Crippen LogP contribution in [0.15, 0.2) is 36.4 Å². The highest BCUT2D eigenvalue weighted by Gasteiger charge is 2.20. The normalized spacial score (nSPS) is 13.0. The lowest BCUT2D eigenvalue weighted by molar-refractivity contribution is -0.114. The maximum Gasteiger partial charge on any atom is 0.318 e. The number of aryl methyl sites for hydroxylation is 1. The van der Waals surface area contributed by atoms with Crippen molar-refractivity contribution in [3.05, 3.63) is 51.7 Å². The van der Waals surface area contributed by atoms with Gasteiger partial charge in [-0.2, -0.15) is 0 Å². The minimum Gasteiger partial charge on any atom is -0.331 e. The van der Waals surface area contributed by atoms with E-state index in [9.17, 15) is 9.59 Å². The predicted octanol–water partition coefficient (Wildman–Crippen LogP) is 4.48. The molecule has 3 amide bonds. The molecule has 2 aromatic rings. The van der Waals surface area contributed by atoms with Crippen molar-refractivity contribution >= 4 is 29.0 Å². The molecule has 2 rings (SSSR count). The average molecular weight is 359 g/mol. The van der Waals surface area contributed by atoms with E-state index in [4.69, 9.17) is 0 Å². The molecule has 0 aliphatic heterocycles. The van der Waals surface area contributed by atoms with Crippen LogP contribution in [-0.2, 0) is 4.79 Å². The van der Waals surface area contributed by atoms with Gasteiger partial charge in [0.25, 0.3) is 0 Å². The molecule has 0 aliphatic rings. The molecule has 0 unspecified atom stereocenters. The average Bonchev–Trinajstić information content (AvgIpc) is 2.99. The third kappa shape index (κ3) is 5.06. The molecule has 25 heavy (non-hydrogen) atoms. The van der Waals surface area contributed by atoms with Gasteiger partial charge < -0.3 is 15.5 Å². The van der Waals surface area contributed by atoms with Gasteiger partial charge in [-0.3, -0.25) is 4.79 Å². The predicted molar refractivity (Wildman–Crippen MR) is 103 cm³/mol. The van der Waals surface area contributed by atoms with Crippen LogP contribution < -0.4 is 10.6 Å². The second-order valence-electron chi connectivity index (χ2n) is 6.21. The van der Waals surface area contributed by atoms with E-state index in [2.05, 4.69) is 29.7 Å². The molecule has 5 nitrogen and oxygen atoms in total. The number of benzene rings is 1. The molecule has 2 N–H and O–H groups in total. The number of amides is 3. The van der Waals surface area contributed by atoms with E-state index in [1.165, 1.54) is 11.8 Å². The minimum absolute atomic E-state index is 0.0108. The number of nitrogens with zero attached hydrogens (tertiary/aromatic N) is 1. The number of urea groups is 1. The summed E-state index contributed by atoms with van der Waals surface area (Å²) in [5.41, 5.74) is 1.66.